The van der Waals surface area contributed by atoms with Crippen molar-refractivity contribution in [1.82, 2.24) is 0 Å². The number of hydrogen-bond donors (Lipinski definition) is 0. The molecule has 0 N–H and O–H groups in total. The summed E-state index contributed by atoms with van der Waals surface area (Å²) in [5, 5.41) is 0. The molecule has 0 unspecified atom stereocenters. The van der Waals surface area contributed by atoms with Crippen molar-refractivity contribution in [2.75, 3.05) is 10.8 Å². The number of hydrogen-bond acceptors (Lipinski definition) is 2. The van der Waals surface area contributed by atoms with Crippen LogP contribution in [0.3, 0.4) is 0 Å². The molecular formula is C12H17NO2S. The average Bonchev–Trinajstić information content (AvgIpc) is 2.29. The minimum atomic E-state index is -3.14. The number of benzene rings is 1. The molecule has 1 aromatic rings. The summed E-state index contributed by atoms with van der Waals surface area (Å²) in [4.78, 5) is 0.477. The quantitative estimate of drug-likeness (QED) is 0.741. The molecule has 16 heavy (non-hydrogen) atoms. The van der Waals surface area contributed by atoms with Crippen LogP contribution in [0.4, 0.5) is 5.69 Å². The fourth-order valence-electron chi connectivity index (χ4n) is 2.01. The standard InChI is InChI=1S/C12H17NO2S/c1-2-3-4-7-10-13-11-8-5-6-9-12(11)16(13,14)15/h5-6,8-9H,2-4,7,10H2,1H3. The lowest BCUT2D eigenvalue weighted by molar-refractivity contribution is 0.575. The molecule has 0 saturated heterocycles. The maximum Gasteiger partial charge on any atom is 0.266 e. The molecule has 1 aliphatic heterocycles. The summed E-state index contributed by atoms with van der Waals surface area (Å²) in [6, 6.07) is 7.20. The van der Waals surface area contributed by atoms with Gasteiger partial charge in [0.1, 0.15) is 4.90 Å². The second-order valence-electron chi connectivity index (χ2n) is 4.11. The molecule has 0 amide bonds. The van der Waals surface area contributed by atoms with E-state index in [1.807, 2.05) is 12.1 Å². The smallest absolute Gasteiger partial charge is 0.265 e. The van der Waals surface area contributed by atoms with Crippen LogP contribution >= 0.6 is 0 Å². The van der Waals surface area contributed by atoms with Gasteiger partial charge in [-0.2, -0.15) is 0 Å². The van der Waals surface area contributed by atoms with Gasteiger partial charge in [-0.25, -0.2) is 8.42 Å². The van der Waals surface area contributed by atoms with Crippen molar-refractivity contribution in [2.45, 2.75) is 37.5 Å². The Balaban J connectivity index is 2.03. The average molecular weight is 239 g/mol. The molecule has 1 aromatic carbocycles. The summed E-state index contributed by atoms with van der Waals surface area (Å²) < 4.78 is 25.2. The number of rotatable bonds is 5. The highest BCUT2D eigenvalue weighted by Gasteiger charge is 2.38. The minimum absolute atomic E-state index is 0.477. The maximum atomic E-state index is 11.8. The maximum absolute atomic E-state index is 11.8. The van der Waals surface area contributed by atoms with Gasteiger partial charge in [-0.1, -0.05) is 38.3 Å². The molecular weight excluding hydrogens is 222 g/mol. The Kier molecular flexibility index (Phi) is 3.19. The number of anilines is 1. The van der Waals surface area contributed by atoms with Crippen molar-refractivity contribution in [2.24, 2.45) is 0 Å². The van der Waals surface area contributed by atoms with Crippen LogP contribution < -0.4 is 4.31 Å². The van der Waals surface area contributed by atoms with Gasteiger partial charge in [0.2, 0.25) is 0 Å². The summed E-state index contributed by atoms with van der Waals surface area (Å²) >= 11 is 0. The monoisotopic (exact) mass is 239 g/mol. The summed E-state index contributed by atoms with van der Waals surface area (Å²) in [7, 11) is -3.14. The Hall–Kier alpha value is -1.03. The molecule has 0 fully saturated rings. The van der Waals surface area contributed by atoms with Crippen LogP contribution in [0, 0.1) is 0 Å². The number of para-hydroxylation sites is 1. The van der Waals surface area contributed by atoms with Crippen LogP contribution in [0.5, 0.6) is 0 Å². The van der Waals surface area contributed by atoms with Gasteiger partial charge in [0.15, 0.2) is 0 Å². The third-order valence-electron chi connectivity index (χ3n) is 2.92. The van der Waals surface area contributed by atoms with E-state index in [0.717, 1.165) is 18.5 Å². The van der Waals surface area contributed by atoms with Gasteiger partial charge >= 0.3 is 0 Å². The number of unbranched alkanes of at least 4 members (excludes halogenated alkanes) is 3. The molecule has 0 radical (unpaired) electrons. The van der Waals surface area contributed by atoms with Crippen LogP contribution in [-0.2, 0) is 10.0 Å². The minimum Gasteiger partial charge on any atom is -0.265 e. The second-order valence-corrected chi connectivity index (χ2v) is 5.94. The molecule has 0 saturated carbocycles. The van der Waals surface area contributed by atoms with Gasteiger partial charge in [-0.3, -0.25) is 4.31 Å². The van der Waals surface area contributed by atoms with Crippen molar-refractivity contribution in [3.8, 4) is 0 Å². The van der Waals surface area contributed by atoms with Gasteiger partial charge in [0.25, 0.3) is 10.0 Å². The molecule has 0 aliphatic carbocycles. The number of sulfonamides is 1. The normalized spacial score (nSPS) is 16.7. The third kappa shape index (κ3) is 1.82. The van der Waals surface area contributed by atoms with Crippen molar-refractivity contribution in [1.29, 1.82) is 0 Å². The SMILES string of the molecule is CCCCCCN1c2ccccc2S1(=O)=O. The summed E-state index contributed by atoms with van der Waals surface area (Å²) in [5.74, 6) is 0. The molecule has 88 valence electrons. The van der Waals surface area contributed by atoms with Crippen molar-refractivity contribution >= 4 is 15.7 Å². The van der Waals surface area contributed by atoms with E-state index in [2.05, 4.69) is 6.92 Å². The van der Waals surface area contributed by atoms with E-state index >= 15 is 0 Å². The molecule has 1 aliphatic rings. The largest absolute Gasteiger partial charge is 0.266 e. The molecule has 2 rings (SSSR count). The lowest BCUT2D eigenvalue weighted by Crippen LogP contribution is -2.40. The van der Waals surface area contributed by atoms with Crippen molar-refractivity contribution < 1.29 is 8.42 Å². The lowest BCUT2D eigenvalue weighted by atomic mass is 10.2. The Morgan fingerprint density at radius 2 is 1.88 bits per heavy atom. The fraction of sp³-hybridized carbons (Fsp3) is 0.500. The zero-order chi connectivity index (χ0) is 11.6. The molecule has 0 spiro atoms. The van der Waals surface area contributed by atoms with Gasteiger partial charge in [0, 0.05) is 6.54 Å². The Bertz CT molecular complexity index is 468. The van der Waals surface area contributed by atoms with Crippen LogP contribution in [-0.4, -0.2) is 15.0 Å². The van der Waals surface area contributed by atoms with E-state index in [1.165, 1.54) is 17.1 Å². The van der Waals surface area contributed by atoms with Crippen LogP contribution in [0.2, 0.25) is 0 Å². The zero-order valence-corrected chi connectivity index (χ0v) is 10.3. The van der Waals surface area contributed by atoms with E-state index in [4.69, 9.17) is 0 Å². The first-order chi connectivity index (χ1) is 7.68. The van der Waals surface area contributed by atoms with E-state index in [0.29, 0.717) is 11.4 Å². The topological polar surface area (TPSA) is 37.4 Å². The Labute approximate surface area is 97.1 Å². The summed E-state index contributed by atoms with van der Waals surface area (Å²) in [5.41, 5.74) is 0.860. The molecule has 0 aromatic heterocycles. The first kappa shape index (κ1) is 11.5. The van der Waals surface area contributed by atoms with E-state index < -0.39 is 10.0 Å². The predicted octanol–water partition coefficient (Wildman–Crippen LogP) is 2.78. The molecule has 1 heterocycles. The molecule has 0 bridgehead atoms. The lowest BCUT2D eigenvalue weighted by Gasteiger charge is -2.34. The van der Waals surface area contributed by atoms with E-state index in [9.17, 15) is 8.42 Å². The number of fused-ring (bicyclic) bond motifs is 1. The highest BCUT2D eigenvalue weighted by molar-refractivity contribution is 7.94. The van der Waals surface area contributed by atoms with Gasteiger partial charge in [0.05, 0.1) is 5.69 Å². The Morgan fingerprint density at radius 1 is 1.12 bits per heavy atom. The van der Waals surface area contributed by atoms with E-state index in [-0.39, 0.29) is 0 Å². The number of nitrogens with zero attached hydrogens (tertiary/aromatic N) is 1. The van der Waals surface area contributed by atoms with E-state index in [1.54, 1.807) is 12.1 Å². The van der Waals surface area contributed by atoms with Crippen LogP contribution in [0.1, 0.15) is 32.6 Å². The predicted molar refractivity (Wildman–Crippen MR) is 65.1 cm³/mol. The van der Waals surface area contributed by atoms with Crippen molar-refractivity contribution in [3.63, 3.8) is 0 Å². The molecule has 3 nitrogen and oxygen atoms in total. The highest BCUT2D eigenvalue weighted by atomic mass is 32.2. The summed E-state index contributed by atoms with van der Waals surface area (Å²) in [6.07, 6.45) is 4.39. The zero-order valence-electron chi connectivity index (χ0n) is 9.52. The molecule has 4 heteroatoms. The van der Waals surface area contributed by atoms with Crippen LogP contribution in [0.15, 0.2) is 29.2 Å². The fourth-order valence-corrected chi connectivity index (χ4v) is 3.60. The Morgan fingerprint density at radius 3 is 2.62 bits per heavy atom. The van der Waals surface area contributed by atoms with Gasteiger partial charge in [-0.05, 0) is 18.6 Å². The second kappa shape index (κ2) is 4.45. The third-order valence-corrected chi connectivity index (χ3v) is 4.78. The van der Waals surface area contributed by atoms with Gasteiger partial charge < -0.3 is 0 Å². The van der Waals surface area contributed by atoms with Crippen LogP contribution in [0.25, 0.3) is 0 Å². The first-order valence-corrected chi connectivity index (χ1v) is 7.23. The van der Waals surface area contributed by atoms with Crippen molar-refractivity contribution in [3.05, 3.63) is 24.3 Å². The summed E-state index contributed by atoms with van der Waals surface area (Å²) in [6.45, 7) is 2.77. The first-order valence-electron chi connectivity index (χ1n) is 5.79. The van der Waals surface area contributed by atoms with Gasteiger partial charge in [-0.15, -0.1) is 0 Å². The highest BCUT2D eigenvalue weighted by Crippen LogP contribution is 2.39. The molecule has 0 atom stereocenters.